The van der Waals surface area contributed by atoms with Crippen LogP contribution in [0.5, 0.6) is 5.75 Å². The molecule has 0 amide bonds. The van der Waals surface area contributed by atoms with E-state index in [0.29, 0.717) is 0 Å². The third kappa shape index (κ3) is 10.00. The lowest BCUT2D eigenvalue weighted by atomic mass is 9.89. The maximum absolute atomic E-state index is 12.5. The molecule has 1 aromatic carbocycles. The Balaban J connectivity index is 1.65. The summed E-state index contributed by atoms with van der Waals surface area (Å²) in [5.41, 5.74) is 1.33. The lowest BCUT2D eigenvalue weighted by Gasteiger charge is -2.24. The van der Waals surface area contributed by atoms with E-state index in [9.17, 15) is 4.79 Å². The van der Waals surface area contributed by atoms with Crippen molar-refractivity contribution in [1.29, 1.82) is 0 Å². The minimum atomic E-state index is 0.0596. The van der Waals surface area contributed by atoms with Crippen LogP contribution >= 0.6 is 0 Å². The zero-order valence-corrected chi connectivity index (χ0v) is 19.5. The smallest absolute Gasteiger partial charge is 0.309 e. The predicted molar refractivity (Wildman–Crippen MR) is 125 cm³/mol. The number of rotatable bonds is 15. The molecular formula is C27H44O3. The number of unbranched alkanes of at least 4 members (excludes halogenated alkanes) is 4. The van der Waals surface area contributed by atoms with Crippen molar-refractivity contribution in [3.05, 3.63) is 29.8 Å². The zero-order chi connectivity index (χ0) is 21.4. The van der Waals surface area contributed by atoms with Crippen LogP contribution in [-0.4, -0.2) is 18.7 Å². The van der Waals surface area contributed by atoms with Crippen LogP contribution in [0.2, 0.25) is 0 Å². The molecule has 0 aromatic heterocycles. The highest BCUT2D eigenvalue weighted by atomic mass is 16.5. The molecule has 0 N–H and O–H groups in total. The van der Waals surface area contributed by atoms with Crippen molar-refractivity contribution in [2.24, 2.45) is 5.92 Å². The number of hydrogen-bond acceptors (Lipinski definition) is 3. The molecule has 2 rings (SSSR count). The van der Waals surface area contributed by atoms with E-state index in [4.69, 9.17) is 9.47 Å². The van der Waals surface area contributed by atoms with Gasteiger partial charge in [-0.3, -0.25) is 4.79 Å². The Morgan fingerprint density at radius 1 is 0.900 bits per heavy atom. The molecule has 1 fully saturated rings. The largest absolute Gasteiger partial charge is 0.494 e. The number of carbonyl (C=O) groups excluding carboxylic acids is 1. The monoisotopic (exact) mass is 416 g/mol. The van der Waals surface area contributed by atoms with Crippen molar-refractivity contribution in [2.45, 2.75) is 116 Å². The van der Waals surface area contributed by atoms with Gasteiger partial charge in [0.25, 0.3) is 0 Å². The van der Waals surface area contributed by atoms with E-state index in [2.05, 4.69) is 38.1 Å². The van der Waals surface area contributed by atoms with Crippen LogP contribution in [0.1, 0.15) is 109 Å². The zero-order valence-electron chi connectivity index (χ0n) is 19.5. The topological polar surface area (TPSA) is 35.5 Å². The van der Waals surface area contributed by atoms with E-state index in [1.807, 2.05) is 0 Å². The first-order valence-corrected chi connectivity index (χ1v) is 12.6. The third-order valence-electron chi connectivity index (χ3n) is 6.26. The fourth-order valence-corrected chi connectivity index (χ4v) is 4.36. The van der Waals surface area contributed by atoms with E-state index in [1.54, 1.807) is 0 Å². The van der Waals surface area contributed by atoms with E-state index in [-0.39, 0.29) is 18.0 Å². The number of ether oxygens (including phenoxy) is 2. The molecular weight excluding hydrogens is 372 g/mol. The Labute approximate surface area is 184 Å². The fraction of sp³-hybridized carbons (Fsp3) is 0.741. The van der Waals surface area contributed by atoms with E-state index >= 15 is 0 Å². The minimum Gasteiger partial charge on any atom is -0.494 e. The predicted octanol–water partition coefficient (Wildman–Crippen LogP) is 7.65. The Morgan fingerprint density at radius 3 is 2.33 bits per heavy atom. The molecule has 0 radical (unpaired) electrons. The summed E-state index contributed by atoms with van der Waals surface area (Å²) in [6.07, 6.45) is 17.1. The summed E-state index contributed by atoms with van der Waals surface area (Å²) < 4.78 is 11.8. The van der Waals surface area contributed by atoms with Gasteiger partial charge in [-0.25, -0.2) is 0 Å². The van der Waals surface area contributed by atoms with Gasteiger partial charge in [0.05, 0.1) is 12.5 Å². The number of benzene rings is 1. The Kier molecular flexibility index (Phi) is 12.6. The molecule has 0 bridgehead atoms. The molecule has 1 aliphatic rings. The van der Waals surface area contributed by atoms with Gasteiger partial charge >= 0.3 is 5.97 Å². The second-order valence-electron chi connectivity index (χ2n) is 8.98. The lowest BCUT2D eigenvalue weighted by molar-refractivity contribution is -0.156. The highest BCUT2D eigenvalue weighted by Crippen LogP contribution is 2.26. The molecule has 30 heavy (non-hydrogen) atoms. The van der Waals surface area contributed by atoms with Gasteiger partial charge in [0.2, 0.25) is 0 Å². The SMILES string of the molecule is CCCCCCCOc1ccc(CCCC(CCC)OC(=O)C2CCCCC2)cc1. The summed E-state index contributed by atoms with van der Waals surface area (Å²) in [4.78, 5) is 12.5. The standard InChI is InChI=1S/C27H44O3/c1-3-5-6-7-11-22-29-25-20-18-23(19-21-25)14-12-17-26(13-4-2)30-27(28)24-15-9-8-10-16-24/h18-21,24,26H,3-17,22H2,1-2H3. The molecule has 1 aromatic rings. The number of hydrogen-bond donors (Lipinski definition) is 0. The van der Waals surface area contributed by atoms with Gasteiger partial charge in [-0.2, -0.15) is 0 Å². The minimum absolute atomic E-state index is 0.0596. The van der Waals surface area contributed by atoms with Gasteiger partial charge in [0.1, 0.15) is 11.9 Å². The second-order valence-corrected chi connectivity index (χ2v) is 8.98. The van der Waals surface area contributed by atoms with E-state index in [1.165, 1.54) is 50.5 Å². The molecule has 1 atom stereocenters. The van der Waals surface area contributed by atoms with Crippen LogP contribution in [0.15, 0.2) is 24.3 Å². The van der Waals surface area contributed by atoms with Crippen LogP contribution in [0.4, 0.5) is 0 Å². The quantitative estimate of drug-likeness (QED) is 0.217. The first kappa shape index (κ1) is 24.8. The van der Waals surface area contributed by atoms with Crippen molar-refractivity contribution in [2.75, 3.05) is 6.61 Å². The average molecular weight is 417 g/mol. The number of esters is 1. The molecule has 3 heteroatoms. The van der Waals surface area contributed by atoms with Crippen molar-refractivity contribution in [3.8, 4) is 5.75 Å². The first-order valence-electron chi connectivity index (χ1n) is 12.6. The van der Waals surface area contributed by atoms with Crippen LogP contribution in [0, 0.1) is 5.92 Å². The van der Waals surface area contributed by atoms with Crippen molar-refractivity contribution < 1.29 is 14.3 Å². The molecule has 0 aliphatic heterocycles. The summed E-state index contributed by atoms with van der Waals surface area (Å²) in [5, 5.41) is 0. The maximum Gasteiger partial charge on any atom is 0.309 e. The maximum atomic E-state index is 12.5. The molecule has 1 unspecified atom stereocenters. The van der Waals surface area contributed by atoms with Gasteiger partial charge in [-0.05, 0) is 62.6 Å². The Morgan fingerprint density at radius 2 is 1.63 bits per heavy atom. The summed E-state index contributed by atoms with van der Waals surface area (Å²) in [7, 11) is 0. The molecule has 1 saturated carbocycles. The Hall–Kier alpha value is -1.51. The highest BCUT2D eigenvalue weighted by Gasteiger charge is 2.24. The lowest BCUT2D eigenvalue weighted by Crippen LogP contribution is -2.26. The van der Waals surface area contributed by atoms with Crippen LogP contribution in [-0.2, 0) is 16.0 Å². The second kappa shape index (κ2) is 15.3. The van der Waals surface area contributed by atoms with Gasteiger partial charge in [-0.15, -0.1) is 0 Å². The summed E-state index contributed by atoms with van der Waals surface area (Å²) in [6, 6.07) is 8.53. The molecule has 0 saturated heterocycles. The van der Waals surface area contributed by atoms with Crippen molar-refractivity contribution in [3.63, 3.8) is 0 Å². The summed E-state index contributed by atoms with van der Waals surface area (Å²) >= 11 is 0. The van der Waals surface area contributed by atoms with E-state index in [0.717, 1.165) is 63.7 Å². The van der Waals surface area contributed by atoms with Gasteiger partial charge in [0, 0.05) is 0 Å². The fourth-order valence-electron chi connectivity index (χ4n) is 4.36. The molecule has 1 aliphatic carbocycles. The Bertz CT molecular complexity index is 560. The van der Waals surface area contributed by atoms with Crippen LogP contribution in [0.3, 0.4) is 0 Å². The summed E-state index contributed by atoms with van der Waals surface area (Å²) in [5.74, 6) is 1.18. The average Bonchev–Trinajstić information content (AvgIpc) is 2.78. The molecule has 170 valence electrons. The van der Waals surface area contributed by atoms with E-state index < -0.39 is 0 Å². The number of aryl methyl sites for hydroxylation is 1. The normalized spacial score (nSPS) is 15.7. The van der Waals surface area contributed by atoms with Crippen molar-refractivity contribution >= 4 is 5.97 Å². The van der Waals surface area contributed by atoms with Gasteiger partial charge in [0.15, 0.2) is 0 Å². The van der Waals surface area contributed by atoms with Gasteiger partial charge in [-0.1, -0.05) is 77.3 Å². The third-order valence-corrected chi connectivity index (χ3v) is 6.26. The number of carbonyl (C=O) groups is 1. The molecule has 3 nitrogen and oxygen atoms in total. The molecule has 0 spiro atoms. The van der Waals surface area contributed by atoms with Crippen molar-refractivity contribution in [1.82, 2.24) is 0 Å². The first-order chi connectivity index (χ1) is 14.7. The highest BCUT2D eigenvalue weighted by molar-refractivity contribution is 5.72. The van der Waals surface area contributed by atoms with Gasteiger partial charge < -0.3 is 9.47 Å². The van der Waals surface area contributed by atoms with Crippen LogP contribution < -0.4 is 4.74 Å². The molecule has 0 heterocycles. The summed E-state index contributed by atoms with van der Waals surface area (Å²) in [6.45, 7) is 5.23. The van der Waals surface area contributed by atoms with Crippen LogP contribution in [0.25, 0.3) is 0 Å².